The Bertz CT molecular complexity index is 274. The van der Waals surface area contributed by atoms with Crippen LogP contribution < -0.4 is 0 Å². The van der Waals surface area contributed by atoms with Gasteiger partial charge in [-0.25, -0.2) is 0 Å². The first-order valence-corrected chi connectivity index (χ1v) is 5.35. The van der Waals surface area contributed by atoms with Crippen molar-refractivity contribution >= 4 is 5.97 Å². The van der Waals surface area contributed by atoms with Crippen molar-refractivity contribution in [2.75, 3.05) is 6.61 Å². The summed E-state index contributed by atoms with van der Waals surface area (Å²) in [5.41, 5.74) is 0.519. The Morgan fingerprint density at radius 2 is 2.07 bits per heavy atom. The molecule has 0 saturated heterocycles. The smallest absolute Gasteiger partial charge is 0.314 e. The molecule has 0 aliphatic heterocycles. The van der Waals surface area contributed by atoms with Gasteiger partial charge in [0.2, 0.25) is 0 Å². The van der Waals surface area contributed by atoms with Crippen LogP contribution in [-0.4, -0.2) is 12.6 Å². The second kappa shape index (κ2) is 7.05. The lowest BCUT2D eigenvalue weighted by Gasteiger charge is -2.13. The molecule has 0 rings (SSSR count). The summed E-state index contributed by atoms with van der Waals surface area (Å²) in [6.07, 6.45) is 2.43. The van der Waals surface area contributed by atoms with Gasteiger partial charge >= 0.3 is 5.97 Å². The van der Waals surface area contributed by atoms with Crippen LogP contribution in [0.3, 0.4) is 0 Å². The Morgan fingerprint density at radius 3 is 2.40 bits per heavy atom. The van der Waals surface area contributed by atoms with Gasteiger partial charge in [0.05, 0.1) is 18.6 Å². The third-order valence-corrected chi connectivity index (χ3v) is 2.00. The van der Waals surface area contributed by atoms with Gasteiger partial charge in [0, 0.05) is 5.57 Å². The third kappa shape index (κ3) is 4.64. The average molecular weight is 209 g/mol. The molecule has 0 bridgehead atoms. The fraction of sp³-hybridized carbons (Fsp3) is 0.667. The van der Waals surface area contributed by atoms with Crippen molar-refractivity contribution in [1.29, 1.82) is 5.26 Å². The van der Waals surface area contributed by atoms with Crippen LogP contribution in [0.15, 0.2) is 11.6 Å². The van der Waals surface area contributed by atoms with Crippen molar-refractivity contribution in [2.24, 2.45) is 11.8 Å². The second-order valence-electron chi connectivity index (χ2n) is 3.69. The number of nitrogens with zero attached hydrogens (tertiary/aromatic N) is 1. The standard InChI is InChI=1S/C12H19NO2/c1-5-11(12(14)15-6-2)10(8-13)7-9(3)4/h7,9,11H,5-6H2,1-4H3. The molecule has 3 nitrogen and oxygen atoms in total. The molecule has 0 spiro atoms. The van der Waals surface area contributed by atoms with Crippen LogP contribution >= 0.6 is 0 Å². The Hall–Kier alpha value is -1.30. The molecular formula is C12H19NO2. The Morgan fingerprint density at radius 1 is 1.47 bits per heavy atom. The minimum absolute atomic E-state index is 0.267. The molecule has 0 saturated carbocycles. The SMILES string of the molecule is CCOC(=O)C(CC)C(C#N)=CC(C)C. The molecule has 0 aromatic rings. The highest BCUT2D eigenvalue weighted by Crippen LogP contribution is 2.18. The van der Waals surface area contributed by atoms with Crippen LogP contribution in [-0.2, 0) is 9.53 Å². The van der Waals surface area contributed by atoms with E-state index in [1.807, 2.05) is 26.8 Å². The molecule has 0 aliphatic carbocycles. The van der Waals surface area contributed by atoms with Gasteiger partial charge in [-0.15, -0.1) is 0 Å². The Kier molecular flexibility index (Phi) is 6.44. The van der Waals surface area contributed by atoms with Crippen molar-refractivity contribution in [3.63, 3.8) is 0 Å². The number of hydrogen-bond donors (Lipinski definition) is 0. The van der Waals surface area contributed by atoms with Gasteiger partial charge < -0.3 is 4.74 Å². The summed E-state index contributed by atoms with van der Waals surface area (Å²) in [4.78, 5) is 11.5. The van der Waals surface area contributed by atoms with Crippen LogP contribution in [0, 0.1) is 23.2 Å². The number of rotatable bonds is 5. The van der Waals surface area contributed by atoms with Crippen molar-refractivity contribution < 1.29 is 9.53 Å². The predicted molar refractivity (Wildman–Crippen MR) is 58.9 cm³/mol. The first kappa shape index (κ1) is 13.7. The maximum Gasteiger partial charge on any atom is 0.314 e. The van der Waals surface area contributed by atoms with Crippen LogP contribution in [0.4, 0.5) is 0 Å². The highest BCUT2D eigenvalue weighted by molar-refractivity contribution is 5.77. The van der Waals surface area contributed by atoms with E-state index in [2.05, 4.69) is 6.07 Å². The van der Waals surface area contributed by atoms with Crippen molar-refractivity contribution in [2.45, 2.75) is 34.1 Å². The molecule has 84 valence electrons. The molecule has 0 aromatic carbocycles. The number of nitriles is 1. The molecule has 0 aromatic heterocycles. The average Bonchev–Trinajstić information content (AvgIpc) is 2.17. The molecule has 0 fully saturated rings. The highest BCUT2D eigenvalue weighted by atomic mass is 16.5. The van der Waals surface area contributed by atoms with Gasteiger partial charge in [-0.2, -0.15) is 5.26 Å². The summed E-state index contributed by atoms with van der Waals surface area (Å²) in [5, 5.41) is 8.97. The van der Waals surface area contributed by atoms with Crippen LogP contribution in [0.25, 0.3) is 0 Å². The lowest BCUT2D eigenvalue weighted by Crippen LogP contribution is -2.19. The fourth-order valence-electron chi connectivity index (χ4n) is 1.35. The quantitative estimate of drug-likeness (QED) is 0.516. The molecule has 1 atom stereocenters. The second-order valence-corrected chi connectivity index (χ2v) is 3.69. The summed E-state index contributed by atoms with van der Waals surface area (Å²) in [6.45, 7) is 7.97. The van der Waals surface area contributed by atoms with Gasteiger partial charge in [0.25, 0.3) is 0 Å². The van der Waals surface area contributed by atoms with Gasteiger partial charge in [-0.1, -0.05) is 26.8 Å². The van der Waals surface area contributed by atoms with Crippen molar-refractivity contribution in [3.05, 3.63) is 11.6 Å². The summed E-state index contributed by atoms with van der Waals surface area (Å²) >= 11 is 0. The lowest BCUT2D eigenvalue weighted by molar-refractivity contribution is -0.146. The molecule has 1 unspecified atom stereocenters. The Labute approximate surface area is 91.7 Å². The summed E-state index contributed by atoms with van der Waals surface area (Å²) in [7, 11) is 0. The van der Waals surface area contributed by atoms with E-state index in [-0.39, 0.29) is 11.9 Å². The molecule has 0 aliphatic rings. The maximum absolute atomic E-state index is 11.5. The zero-order valence-electron chi connectivity index (χ0n) is 9.91. The minimum atomic E-state index is -0.405. The normalized spacial score (nSPS) is 13.5. The predicted octanol–water partition coefficient (Wildman–Crippen LogP) is 2.68. The van der Waals surface area contributed by atoms with Gasteiger partial charge in [-0.05, 0) is 19.3 Å². The van der Waals surface area contributed by atoms with E-state index in [0.29, 0.717) is 18.6 Å². The maximum atomic E-state index is 11.5. The number of carbonyl (C=O) groups excluding carboxylic acids is 1. The first-order valence-electron chi connectivity index (χ1n) is 5.35. The van der Waals surface area contributed by atoms with Crippen molar-refractivity contribution in [3.8, 4) is 6.07 Å². The van der Waals surface area contributed by atoms with Crippen LogP contribution in [0.2, 0.25) is 0 Å². The minimum Gasteiger partial charge on any atom is -0.466 e. The van der Waals surface area contributed by atoms with E-state index in [1.54, 1.807) is 6.92 Å². The first-order chi connectivity index (χ1) is 7.06. The van der Waals surface area contributed by atoms with Crippen molar-refractivity contribution in [1.82, 2.24) is 0 Å². The van der Waals surface area contributed by atoms with Gasteiger partial charge in [0.1, 0.15) is 0 Å². The van der Waals surface area contributed by atoms with E-state index in [9.17, 15) is 4.79 Å². The molecule has 3 heteroatoms. The highest BCUT2D eigenvalue weighted by Gasteiger charge is 2.22. The van der Waals surface area contributed by atoms with Crippen LogP contribution in [0.1, 0.15) is 34.1 Å². The van der Waals surface area contributed by atoms with Crippen LogP contribution in [0.5, 0.6) is 0 Å². The summed E-state index contributed by atoms with van der Waals surface area (Å²) < 4.78 is 4.93. The summed E-state index contributed by atoms with van der Waals surface area (Å²) in [6, 6.07) is 2.08. The van der Waals surface area contributed by atoms with Gasteiger partial charge in [-0.3, -0.25) is 4.79 Å². The Balaban J connectivity index is 4.78. The molecular weight excluding hydrogens is 190 g/mol. The zero-order chi connectivity index (χ0) is 11.8. The monoisotopic (exact) mass is 209 g/mol. The molecule has 0 amide bonds. The summed E-state index contributed by atoms with van der Waals surface area (Å²) in [5.74, 6) is -0.436. The van der Waals surface area contributed by atoms with E-state index in [0.717, 1.165) is 0 Å². The number of carbonyl (C=O) groups is 1. The molecule has 0 N–H and O–H groups in total. The number of allylic oxidation sites excluding steroid dienone is 1. The topological polar surface area (TPSA) is 50.1 Å². The lowest BCUT2D eigenvalue weighted by atomic mass is 9.94. The molecule has 0 radical (unpaired) electrons. The number of esters is 1. The largest absolute Gasteiger partial charge is 0.466 e. The third-order valence-electron chi connectivity index (χ3n) is 2.00. The zero-order valence-corrected chi connectivity index (χ0v) is 9.91. The molecule has 15 heavy (non-hydrogen) atoms. The number of hydrogen-bond acceptors (Lipinski definition) is 3. The van der Waals surface area contributed by atoms with Gasteiger partial charge in [0.15, 0.2) is 0 Å². The van der Waals surface area contributed by atoms with E-state index in [1.165, 1.54) is 0 Å². The number of ether oxygens (including phenoxy) is 1. The fourth-order valence-corrected chi connectivity index (χ4v) is 1.35. The van der Waals surface area contributed by atoms with E-state index < -0.39 is 5.92 Å². The molecule has 0 heterocycles. The van der Waals surface area contributed by atoms with E-state index >= 15 is 0 Å². The van der Waals surface area contributed by atoms with E-state index in [4.69, 9.17) is 10.00 Å².